The van der Waals surface area contributed by atoms with Crippen molar-refractivity contribution in [2.75, 3.05) is 46.8 Å². The Hall–Kier alpha value is 0.160. The largest absolute Gasteiger partial charge is 0.507 e. The Labute approximate surface area is 146 Å². The maximum absolute atomic E-state index is 9.54. The summed E-state index contributed by atoms with van der Waals surface area (Å²) >= 11 is 4.19. The number of halogens is 2. The lowest BCUT2D eigenvalue weighted by Crippen LogP contribution is -2.12. The number of ether oxygens (including phenoxy) is 4. The van der Waals surface area contributed by atoms with E-state index in [1.807, 2.05) is 6.07 Å². The van der Waals surface area contributed by atoms with E-state index in [4.69, 9.17) is 18.9 Å². The van der Waals surface area contributed by atoms with Crippen LogP contribution in [0, 0.1) is 7.14 Å². The van der Waals surface area contributed by atoms with Crippen LogP contribution in [-0.4, -0.2) is 51.9 Å². The molecule has 0 saturated carbocycles. The molecule has 1 N–H and O–H groups in total. The first kappa shape index (κ1) is 18.2. The molecule has 0 heterocycles. The molecule has 114 valence electrons. The van der Waals surface area contributed by atoms with E-state index in [0.29, 0.717) is 39.6 Å². The van der Waals surface area contributed by atoms with Crippen LogP contribution in [0.1, 0.15) is 0 Å². The van der Waals surface area contributed by atoms with Gasteiger partial charge in [-0.25, -0.2) is 0 Å². The number of methoxy groups -OCH3 is 1. The van der Waals surface area contributed by atoms with Gasteiger partial charge in [0.2, 0.25) is 0 Å². The van der Waals surface area contributed by atoms with Crippen LogP contribution in [0.2, 0.25) is 0 Å². The van der Waals surface area contributed by atoms with E-state index in [2.05, 4.69) is 45.2 Å². The van der Waals surface area contributed by atoms with E-state index >= 15 is 0 Å². The molecular weight excluding hydrogens is 490 g/mol. The molecule has 0 aliphatic heterocycles. The van der Waals surface area contributed by atoms with Crippen molar-refractivity contribution < 1.29 is 24.1 Å². The second-order valence-electron chi connectivity index (χ2n) is 3.80. The lowest BCUT2D eigenvalue weighted by molar-refractivity contribution is 0.0179. The molecule has 0 spiro atoms. The summed E-state index contributed by atoms with van der Waals surface area (Å²) in [5, 5.41) is 9.54. The van der Waals surface area contributed by atoms with Crippen molar-refractivity contribution >= 4 is 45.2 Å². The third-order valence-electron chi connectivity index (χ3n) is 2.29. The van der Waals surface area contributed by atoms with E-state index in [9.17, 15) is 5.11 Å². The van der Waals surface area contributed by atoms with Crippen molar-refractivity contribution in [2.45, 2.75) is 0 Å². The molecule has 7 heteroatoms. The summed E-state index contributed by atoms with van der Waals surface area (Å²) in [5.41, 5.74) is 0. The van der Waals surface area contributed by atoms with Gasteiger partial charge in [0.15, 0.2) is 0 Å². The van der Waals surface area contributed by atoms with Gasteiger partial charge in [-0.2, -0.15) is 0 Å². The quantitative estimate of drug-likeness (QED) is 0.390. The minimum absolute atomic E-state index is 0.270. The Morgan fingerprint density at radius 1 is 0.900 bits per heavy atom. The maximum Gasteiger partial charge on any atom is 0.134 e. The monoisotopic (exact) mass is 508 g/mol. The number of phenolic OH excluding ortho intramolecular Hbond substituents is 1. The first-order chi connectivity index (χ1) is 9.65. The second kappa shape index (κ2) is 10.8. The number of benzene rings is 1. The van der Waals surface area contributed by atoms with E-state index in [-0.39, 0.29) is 5.75 Å². The van der Waals surface area contributed by atoms with Gasteiger partial charge < -0.3 is 24.1 Å². The Balaban J connectivity index is 2.11. The van der Waals surface area contributed by atoms with Gasteiger partial charge in [-0.1, -0.05) is 0 Å². The normalized spacial score (nSPS) is 10.8. The highest BCUT2D eigenvalue weighted by Gasteiger charge is 2.06. The topological polar surface area (TPSA) is 57.2 Å². The fraction of sp³-hybridized carbons (Fsp3) is 0.538. The van der Waals surface area contributed by atoms with Gasteiger partial charge >= 0.3 is 0 Å². The number of rotatable bonds is 10. The molecule has 1 aromatic carbocycles. The van der Waals surface area contributed by atoms with Gasteiger partial charge in [0, 0.05) is 7.11 Å². The summed E-state index contributed by atoms with van der Waals surface area (Å²) < 4.78 is 22.8. The van der Waals surface area contributed by atoms with E-state index in [1.54, 1.807) is 13.2 Å². The minimum atomic E-state index is 0.270. The molecule has 1 rings (SSSR count). The van der Waals surface area contributed by atoms with Crippen LogP contribution >= 0.6 is 45.2 Å². The molecule has 20 heavy (non-hydrogen) atoms. The molecule has 0 aliphatic carbocycles. The SMILES string of the molecule is COCCOCCOCCOc1cc(I)c(O)cc1I. The summed E-state index contributed by atoms with van der Waals surface area (Å²) in [7, 11) is 1.64. The lowest BCUT2D eigenvalue weighted by atomic mass is 10.3. The lowest BCUT2D eigenvalue weighted by Gasteiger charge is -2.10. The predicted octanol–water partition coefficient (Wildman–Crippen LogP) is 2.66. The van der Waals surface area contributed by atoms with Gasteiger partial charge in [-0.15, -0.1) is 0 Å². The van der Waals surface area contributed by atoms with Crippen LogP contribution in [0.5, 0.6) is 11.5 Å². The van der Waals surface area contributed by atoms with Crippen molar-refractivity contribution in [2.24, 2.45) is 0 Å². The van der Waals surface area contributed by atoms with Crippen molar-refractivity contribution in [3.63, 3.8) is 0 Å². The molecule has 0 saturated heterocycles. The molecule has 1 aromatic rings. The number of hydrogen-bond acceptors (Lipinski definition) is 5. The first-order valence-electron chi connectivity index (χ1n) is 6.10. The van der Waals surface area contributed by atoms with Crippen LogP contribution < -0.4 is 4.74 Å². The smallest absolute Gasteiger partial charge is 0.134 e. The van der Waals surface area contributed by atoms with Crippen LogP contribution in [0.4, 0.5) is 0 Å². The highest BCUT2D eigenvalue weighted by molar-refractivity contribution is 14.1. The predicted molar refractivity (Wildman–Crippen MR) is 92.5 cm³/mol. The van der Waals surface area contributed by atoms with E-state index in [1.165, 1.54) is 0 Å². The maximum atomic E-state index is 9.54. The number of hydrogen-bond donors (Lipinski definition) is 1. The van der Waals surface area contributed by atoms with Crippen LogP contribution in [0.25, 0.3) is 0 Å². The van der Waals surface area contributed by atoms with Crippen molar-refractivity contribution in [1.82, 2.24) is 0 Å². The molecule has 0 fully saturated rings. The molecule has 0 aliphatic rings. The fourth-order valence-electron chi connectivity index (χ4n) is 1.30. The van der Waals surface area contributed by atoms with E-state index in [0.717, 1.165) is 12.9 Å². The first-order valence-corrected chi connectivity index (χ1v) is 8.26. The summed E-state index contributed by atoms with van der Waals surface area (Å²) in [6, 6.07) is 3.49. The molecule has 0 atom stereocenters. The average molecular weight is 508 g/mol. The second-order valence-corrected chi connectivity index (χ2v) is 6.12. The third kappa shape index (κ3) is 7.25. The zero-order valence-corrected chi connectivity index (χ0v) is 15.5. The Bertz CT molecular complexity index is 401. The summed E-state index contributed by atoms with van der Waals surface area (Å²) in [6.07, 6.45) is 0. The molecular formula is C13H18I2O5. The fourth-order valence-corrected chi connectivity index (χ4v) is 2.35. The molecule has 5 nitrogen and oxygen atoms in total. The zero-order valence-electron chi connectivity index (χ0n) is 11.2. The summed E-state index contributed by atoms with van der Waals surface area (Å²) in [6.45, 7) is 3.24. The van der Waals surface area contributed by atoms with Gasteiger partial charge in [-0.3, -0.25) is 0 Å². The van der Waals surface area contributed by atoms with E-state index < -0.39 is 0 Å². The Kier molecular flexibility index (Phi) is 9.86. The Morgan fingerprint density at radius 2 is 1.50 bits per heavy atom. The minimum Gasteiger partial charge on any atom is -0.507 e. The van der Waals surface area contributed by atoms with Gasteiger partial charge in [0.1, 0.15) is 18.1 Å². The summed E-state index contributed by atoms with van der Waals surface area (Å²) in [5.74, 6) is 1.03. The highest BCUT2D eigenvalue weighted by Crippen LogP contribution is 2.30. The molecule has 0 aromatic heterocycles. The average Bonchev–Trinajstić information content (AvgIpc) is 2.42. The van der Waals surface area contributed by atoms with Crippen LogP contribution in [-0.2, 0) is 14.2 Å². The number of phenols is 1. The zero-order chi connectivity index (χ0) is 14.8. The van der Waals surface area contributed by atoms with Gasteiger partial charge in [-0.05, 0) is 57.3 Å². The molecule has 0 bridgehead atoms. The van der Waals surface area contributed by atoms with Crippen molar-refractivity contribution in [3.05, 3.63) is 19.3 Å². The standard InChI is InChI=1S/C13H18I2O5/c1-17-2-3-18-4-5-19-6-7-20-13-9-10(14)12(16)8-11(13)15/h8-9,16H,2-7H2,1H3. The Morgan fingerprint density at radius 3 is 2.15 bits per heavy atom. The highest BCUT2D eigenvalue weighted by atomic mass is 127. The van der Waals surface area contributed by atoms with Crippen LogP contribution in [0.15, 0.2) is 12.1 Å². The molecule has 0 amide bonds. The van der Waals surface area contributed by atoms with Crippen LogP contribution in [0.3, 0.4) is 0 Å². The molecule has 0 unspecified atom stereocenters. The molecule has 0 radical (unpaired) electrons. The third-order valence-corrected chi connectivity index (χ3v) is 4.00. The van der Waals surface area contributed by atoms with Crippen molar-refractivity contribution in [3.8, 4) is 11.5 Å². The van der Waals surface area contributed by atoms with Gasteiger partial charge in [0.05, 0.1) is 40.2 Å². The van der Waals surface area contributed by atoms with Crippen molar-refractivity contribution in [1.29, 1.82) is 0 Å². The summed E-state index contributed by atoms with van der Waals surface area (Å²) in [4.78, 5) is 0. The number of aromatic hydroxyl groups is 1. The van der Waals surface area contributed by atoms with Gasteiger partial charge in [0.25, 0.3) is 0 Å².